The maximum absolute atomic E-state index is 5.53. The first-order valence-corrected chi connectivity index (χ1v) is 5.20. The highest BCUT2D eigenvalue weighted by atomic mass is 32.2. The van der Waals surface area contributed by atoms with E-state index in [1.807, 2.05) is 0 Å². The lowest BCUT2D eigenvalue weighted by atomic mass is 10.2. The molecule has 1 N–H and O–H groups in total. The third-order valence-corrected chi connectivity index (χ3v) is 3.47. The van der Waals surface area contributed by atoms with Gasteiger partial charge in [-0.25, -0.2) is 4.13 Å². The van der Waals surface area contributed by atoms with Gasteiger partial charge in [0.2, 0.25) is 0 Å². The van der Waals surface area contributed by atoms with Gasteiger partial charge in [0.1, 0.15) is 0 Å². The van der Waals surface area contributed by atoms with Crippen LogP contribution in [0.5, 0.6) is 0 Å². The Morgan fingerprint density at radius 2 is 2.55 bits per heavy atom. The number of rotatable bonds is 1. The molecule has 60 valence electrons. The van der Waals surface area contributed by atoms with Crippen molar-refractivity contribution in [2.75, 3.05) is 6.61 Å². The van der Waals surface area contributed by atoms with Gasteiger partial charge in [-0.15, -0.1) is 0 Å². The van der Waals surface area contributed by atoms with Gasteiger partial charge in [0.25, 0.3) is 0 Å². The van der Waals surface area contributed by atoms with Crippen molar-refractivity contribution < 1.29 is 4.74 Å². The van der Waals surface area contributed by atoms with Crippen LogP contribution in [0.15, 0.2) is 22.5 Å². The summed E-state index contributed by atoms with van der Waals surface area (Å²) in [7, 11) is 0. The SMILES string of the molecule is C1=CCC(C2=CSNS2)OC1. The van der Waals surface area contributed by atoms with E-state index in [1.165, 1.54) is 4.91 Å². The van der Waals surface area contributed by atoms with Crippen LogP contribution in [0.25, 0.3) is 0 Å². The highest BCUT2D eigenvalue weighted by Gasteiger charge is 2.18. The largest absolute Gasteiger partial charge is 0.369 e. The molecule has 0 spiro atoms. The zero-order valence-electron chi connectivity index (χ0n) is 5.95. The van der Waals surface area contributed by atoms with Crippen molar-refractivity contribution in [1.29, 1.82) is 0 Å². The Labute approximate surface area is 74.7 Å². The Balaban J connectivity index is 1.98. The molecule has 2 nitrogen and oxygen atoms in total. The molecule has 0 fully saturated rings. The van der Waals surface area contributed by atoms with Crippen molar-refractivity contribution in [3.63, 3.8) is 0 Å². The molecule has 4 heteroatoms. The quantitative estimate of drug-likeness (QED) is 0.501. The van der Waals surface area contributed by atoms with Gasteiger partial charge in [-0.1, -0.05) is 12.2 Å². The van der Waals surface area contributed by atoms with Gasteiger partial charge < -0.3 is 4.74 Å². The molecule has 2 aliphatic heterocycles. The average Bonchev–Trinajstić information content (AvgIpc) is 2.58. The van der Waals surface area contributed by atoms with Gasteiger partial charge in [0.15, 0.2) is 0 Å². The van der Waals surface area contributed by atoms with E-state index in [0.717, 1.165) is 13.0 Å². The van der Waals surface area contributed by atoms with Crippen LogP contribution >= 0.6 is 23.9 Å². The molecule has 0 aromatic heterocycles. The molecular weight excluding hydrogens is 178 g/mol. The van der Waals surface area contributed by atoms with Crippen LogP contribution in [-0.2, 0) is 4.74 Å². The van der Waals surface area contributed by atoms with E-state index in [9.17, 15) is 0 Å². The summed E-state index contributed by atoms with van der Waals surface area (Å²) < 4.78 is 8.64. The summed E-state index contributed by atoms with van der Waals surface area (Å²) in [5.41, 5.74) is 0. The van der Waals surface area contributed by atoms with Crippen molar-refractivity contribution in [3.05, 3.63) is 22.5 Å². The van der Waals surface area contributed by atoms with Crippen molar-refractivity contribution >= 4 is 23.9 Å². The monoisotopic (exact) mass is 187 g/mol. The van der Waals surface area contributed by atoms with Crippen LogP contribution in [-0.4, -0.2) is 12.7 Å². The van der Waals surface area contributed by atoms with Crippen LogP contribution in [0.2, 0.25) is 0 Å². The third-order valence-electron chi connectivity index (χ3n) is 1.61. The minimum Gasteiger partial charge on any atom is -0.369 e. The van der Waals surface area contributed by atoms with Crippen molar-refractivity contribution in [2.45, 2.75) is 12.5 Å². The summed E-state index contributed by atoms with van der Waals surface area (Å²) in [5.74, 6) is 0. The number of hydrogen-bond donors (Lipinski definition) is 1. The summed E-state index contributed by atoms with van der Waals surface area (Å²) in [6.45, 7) is 0.757. The number of hydrogen-bond acceptors (Lipinski definition) is 4. The molecule has 1 atom stereocenters. The van der Waals surface area contributed by atoms with E-state index in [-0.39, 0.29) is 0 Å². The Hall–Kier alpha value is 0.1000. The molecule has 0 saturated heterocycles. The van der Waals surface area contributed by atoms with E-state index in [1.54, 1.807) is 23.9 Å². The molecule has 0 radical (unpaired) electrons. The van der Waals surface area contributed by atoms with Crippen molar-refractivity contribution in [3.8, 4) is 0 Å². The van der Waals surface area contributed by atoms with E-state index >= 15 is 0 Å². The standard InChI is InChI=1S/C7H9NOS2/c1-2-4-9-6(3-1)7-5-10-8-11-7/h1-2,5-6,8H,3-4H2. The molecule has 11 heavy (non-hydrogen) atoms. The van der Waals surface area contributed by atoms with Gasteiger partial charge in [0.05, 0.1) is 12.7 Å². The zero-order chi connectivity index (χ0) is 7.52. The Kier molecular flexibility index (Phi) is 2.58. The Bertz CT molecular complexity index is 203. The Morgan fingerprint density at radius 1 is 1.55 bits per heavy atom. The summed E-state index contributed by atoms with van der Waals surface area (Å²) in [4.78, 5) is 1.30. The lowest BCUT2D eigenvalue weighted by Gasteiger charge is -2.18. The first-order chi connectivity index (χ1) is 5.47. The van der Waals surface area contributed by atoms with Gasteiger partial charge in [0, 0.05) is 10.3 Å². The Morgan fingerprint density at radius 3 is 3.18 bits per heavy atom. The van der Waals surface area contributed by atoms with Crippen molar-refractivity contribution in [1.82, 2.24) is 4.13 Å². The van der Waals surface area contributed by atoms with Crippen molar-refractivity contribution in [2.24, 2.45) is 0 Å². The minimum absolute atomic E-state index is 0.299. The molecule has 2 rings (SSSR count). The van der Waals surface area contributed by atoms with Crippen LogP contribution in [0.1, 0.15) is 6.42 Å². The number of ether oxygens (including phenoxy) is 1. The third kappa shape index (κ3) is 1.82. The second-order valence-electron chi connectivity index (χ2n) is 2.35. The number of nitrogens with one attached hydrogen (secondary N) is 1. The van der Waals surface area contributed by atoms with E-state index < -0.39 is 0 Å². The van der Waals surface area contributed by atoms with Crippen LogP contribution in [0.4, 0.5) is 0 Å². The summed E-state index contributed by atoms with van der Waals surface area (Å²) in [5, 5.41) is 2.12. The predicted molar refractivity (Wildman–Crippen MR) is 49.9 cm³/mol. The maximum atomic E-state index is 5.53. The smallest absolute Gasteiger partial charge is 0.0940 e. The van der Waals surface area contributed by atoms with E-state index in [4.69, 9.17) is 4.74 Å². The van der Waals surface area contributed by atoms with Gasteiger partial charge in [-0.3, -0.25) is 0 Å². The van der Waals surface area contributed by atoms with E-state index in [2.05, 4.69) is 21.7 Å². The first-order valence-electron chi connectivity index (χ1n) is 3.51. The molecule has 0 aromatic rings. The van der Waals surface area contributed by atoms with Gasteiger partial charge in [-0.2, -0.15) is 0 Å². The summed E-state index contributed by atoms with van der Waals surface area (Å²) in [6.07, 6.45) is 5.56. The first kappa shape index (κ1) is 7.73. The van der Waals surface area contributed by atoms with E-state index in [0.29, 0.717) is 6.10 Å². The molecule has 0 saturated carbocycles. The lowest BCUT2D eigenvalue weighted by molar-refractivity contribution is 0.100. The molecular formula is C7H9NOS2. The lowest BCUT2D eigenvalue weighted by Crippen LogP contribution is -2.16. The normalized spacial score (nSPS) is 30.5. The fourth-order valence-electron chi connectivity index (χ4n) is 1.05. The molecule has 0 bridgehead atoms. The molecule has 2 aliphatic rings. The fraction of sp³-hybridized carbons (Fsp3) is 0.429. The second kappa shape index (κ2) is 3.67. The average molecular weight is 187 g/mol. The highest BCUT2D eigenvalue weighted by molar-refractivity contribution is 8.18. The fourth-order valence-corrected chi connectivity index (χ4v) is 2.72. The molecule has 1 unspecified atom stereocenters. The highest BCUT2D eigenvalue weighted by Crippen LogP contribution is 2.32. The minimum atomic E-state index is 0.299. The predicted octanol–water partition coefficient (Wildman–Crippen LogP) is 2.07. The second-order valence-corrected chi connectivity index (χ2v) is 4.17. The summed E-state index contributed by atoms with van der Waals surface area (Å²) in [6, 6.07) is 0. The van der Waals surface area contributed by atoms with Crippen LogP contribution in [0.3, 0.4) is 0 Å². The molecule has 0 amide bonds. The van der Waals surface area contributed by atoms with Gasteiger partial charge >= 0.3 is 0 Å². The van der Waals surface area contributed by atoms with Crippen LogP contribution < -0.4 is 4.13 Å². The summed E-state index contributed by atoms with van der Waals surface area (Å²) >= 11 is 3.29. The van der Waals surface area contributed by atoms with Gasteiger partial charge in [-0.05, 0) is 30.3 Å². The molecule has 2 heterocycles. The molecule has 0 aliphatic carbocycles. The van der Waals surface area contributed by atoms with Crippen LogP contribution in [0, 0.1) is 0 Å². The topological polar surface area (TPSA) is 21.3 Å². The maximum Gasteiger partial charge on any atom is 0.0940 e. The molecule has 0 aromatic carbocycles. The zero-order valence-corrected chi connectivity index (χ0v) is 7.58.